The number of hydrogen-bond donors (Lipinski definition) is 3. The summed E-state index contributed by atoms with van der Waals surface area (Å²) >= 11 is 2.78. The smallest absolute Gasteiger partial charge is 0.341 e. The molecule has 0 aliphatic heterocycles. The highest BCUT2D eigenvalue weighted by atomic mass is 32.2. The molecule has 0 saturated carbocycles. The fourth-order valence-corrected chi connectivity index (χ4v) is 8.55. The van der Waals surface area contributed by atoms with Crippen molar-refractivity contribution in [2.24, 2.45) is 0 Å². The molecule has 9 nitrogen and oxygen atoms in total. The van der Waals surface area contributed by atoms with Gasteiger partial charge in [0.2, 0.25) is 5.91 Å². The van der Waals surface area contributed by atoms with Crippen LogP contribution in [0.15, 0.2) is 120 Å². The summed E-state index contributed by atoms with van der Waals surface area (Å²) in [4.78, 5) is 58.0. The normalized spacial score (nSPS) is 13.1. The van der Waals surface area contributed by atoms with Gasteiger partial charge in [-0.2, -0.15) is 0 Å². The van der Waals surface area contributed by atoms with Crippen LogP contribution in [0.5, 0.6) is 0 Å². The lowest BCUT2D eigenvalue weighted by Crippen LogP contribution is -2.30. The highest BCUT2D eigenvalue weighted by Gasteiger charge is 2.29. The molecule has 0 radical (unpaired) electrons. The Kier molecular flexibility index (Phi) is 12.6. The quantitative estimate of drug-likeness (QED) is 0.0504. The van der Waals surface area contributed by atoms with E-state index in [0.29, 0.717) is 21.8 Å². The fraction of sp³-hybridized carbons (Fsp3) is 0.209. The summed E-state index contributed by atoms with van der Waals surface area (Å²) in [7, 11) is 5.26. The number of anilines is 3. The summed E-state index contributed by atoms with van der Waals surface area (Å²) in [6, 6.07) is 33.0. The Hall–Kier alpha value is -5.65. The number of nitrogens with zero attached hydrogens (tertiary/aromatic N) is 1. The van der Waals surface area contributed by atoms with Crippen LogP contribution in [0.25, 0.3) is 6.08 Å². The maximum Gasteiger partial charge on any atom is 0.341 e. The van der Waals surface area contributed by atoms with Gasteiger partial charge in [0.25, 0.3) is 11.8 Å². The van der Waals surface area contributed by atoms with Crippen LogP contribution >= 0.6 is 23.1 Å². The van der Waals surface area contributed by atoms with Gasteiger partial charge in [-0.05, 0) is 90.9 Å². The Morgan fingerprint density at radius 1 is 0.815 bits per heavy atom. The van der Waals surface area contributed by atoms with Gasteiger partial charge in [-0.15, -0.1) is 23.1 Å². The molecule has 6 rings (SSSR count). The highest BCUT2D eigenvalue weighted by molar-refractivity contribution is 8.00. The maximum atomic E-state index is 14.2. The number of fused-ring (bicyclic) bond motifs is 1. The number of thiophene rings is 1. The summed E-state index contributed by atoms with van der Waals surface area (Å²) in [5.74, 6) is -1.66. The van der Waals surface area contributed by atoms with Gasteiger partial charge in [0.15, 0.2) is 0 Å². The molecule has 0 saturated heterocycles. The van der Waals surface area contributed by atoms with Gasteiger partial charge in [0.05, 0.1) is 12.7 Å². The number of thioether (sulfide) groups is 1. The van der Waals surface area contributed by atoms with Gasteiger partial charge in [0, 0.05) is 40.8 Å². The standard InChI is InChI=1S/C43H42N4O5S2/c1-47(2)32-24-22-28(23-25-32)26-35(45-39(48)30-16-9-5-10-17-30)40(49)44-31-18-13-19-33(27-31)53-38(29-14-7-4-8-15-29)41(50)46-42-37(43(51)52-3)34-20-11-6-12-21-36(34)54-42/h4-5,7-10,13-19,22-27,38H,6,11-12,20-21H2,1-3H3,(H,44,49)(H,45,48)(H,46,50)/b35-26+. The minimum atomic E-state index is -0.685. The van der Waals surface area contributed by atoms with Crippen LogP contribution in [0.2, 0.25) is 0 Å². The number of aryl methyl sites for hydroxylation is 1. The second-order valence-corrected chi connectivity index (χ2v) is 15.3. The monoisotopic (exact) mass is 758 g/mol. The number of hydrogen-bond acceptors (Lipinski definition) is 8. The molecule has 3 N–H and O–H groups in total. The Bertz CT molecular complexity index is 2150. The van der Waals surface area contributed by atoms with E-state index >= 15 is 0 Å². The first-order valence-electron chi connectivity index (χ1n) is 17.7. The first-order valence-corrected chi connectivity index (χ1v) is 19.4. The van der Waals surface area contributed by atoms with Crippen LogP contribution < -0.4 is 20.9 Å². The second-order valence-electron chi connectivity index (χ2n) is 13.0. The fourth-order valence-electron chi connectivity index (χ4n) is 6.19. The van der Waals surface area contributed by atoms with Gasteiger partial charge >= 0.3 is 5.97 Å². The van der Waals surface area contributed by atoms with Crippen molar-refractivity contribution >= 4 is 69.2 Å². The number of benzene rings is 4. The molecule has 54 heavy (non-hydrogen) atoms. The molecular weight excluding hydrogens is 717 g/mol. The van der Waals surface area contributed by atoms with E-state index in [2.05, 4.69) is 16.0 Å². The third kappa shape index (κ3) is 9.47. The molecule has 1 aliphatic carbocycles. The highest BCUT2D eigenvalue weighted by Crippen LogP contribution is 2.41. The number of nitrogens with one attached hydrogen (secondary N) is 3. The third-order valence-electron chi connectivity index (χ3n) is 8.98. The van der Waals surface area contributed by atoms with Crippen molar-refractivity contribution in [1.29, 1.82) is 0 Å². The number of amides is 3. The summed E-state index contributed by atoms with van der Waals surface area (Å²) in [6.07, 6.45) is 6.40. The predicted octanol–water partition coefficient (Wildman–Crippen LogP) is 8.75. The zero-order valence-corrected chi connectivity index (χ0v) is 32.0. The van der Waals surface area contributed by atoms with E-state index in [1.165, 1.54) is 30.2 Å². The average Bonchev–Trinajstić information content (AvgIpc) is 3.36. The van der Waals surface area contributed by atoms with Crippen molar-refractivity contribution in [3.63, 3.8) is 0 Å². The predicted molar refractivity (Wildman–Crippen MR) is 218 cm³/mol. The molecule has 3 amide bonds. The van der Waals surface area contributed by atoms with E-state index in [-0.39, 0.29) is 11.6 Å². The summed E-state index contributed by atoms with van der Waals surface area (Å²) in [6.45, 7) is 0. The molecule has 0 bridgehead atoms. The molecule has 1 atom stereocenters. The third-order valence-corrected chi connectivity index (χ3v) is 11.4. The van der Waals surface area contributed by atoms with Crippen molar-refractivity contribution in [3.8, 4) is 0 Å². The largest absolute Gasteiger partial charge is 0.465 e. The number of esters is 1. The lowest BCUT2D eigenvalue weighted by Gasteiger charge is -2.18. The van der Waals surface area contributed by atoms with E-state index in [0.717, 1.165) is 64.3 Å². The van der Waals surface area contributed by atoms with Gasteiger partial charge in [-0.1, -0.05) is 73.2 Å². The van der Waals surface area contributed by atoms with Gasteiger partial charge in [-0.3, -0.25) is 14.4 Å². The van der Waals surface area contributed by atoms with Crippen molar-refractivity contribution in [2.75, 3.05) is 36.7 Å². The number of rotatable bonds is 12. The molecule has 0 fully saturated rings. The Labute approximate surface area is 323 Å². The lowest BCUT2D eigenvalue weighted by atomic mass is 10.1. The van der Waals surface area contributed by atoms with Gasteiger partial charge in [0.1, 0.15) is 15.9 Å². The van der Waals surface area contributed by atoms with E-state index in [1.54, 1.807) is 48.5 Å². The number of ether oxygens (including phenoxy) is 1. The van der Waals surface area contributed by atoms with Crippen molar-refractivity contribution in [1.82, 2.24) is 5.32 Å². The molecule has 1 unspecified atom stereocenters. The van der Waals surface area contributed by atoms with Gasteiger partial charge in [-0.25, -0.2) is 4.79 Å². The molecular formula is C43H42N4O5S2. The lowest BCUT2D eigenvalue weighted by molar-refractivity contribution is -0.116. The maximum absolute atomic E-state index is 14.2. The van der Waals surface area contributed by atoms with Crippen molar-refractivity contribution in [2.45, 2.75) is 42.2 Å². The zero-order chi connectivity index (χ0) is 38.0. The van der Waals surface area contributed by atoms with Crippen LogP contribution in [0.1, 0.15) is 66.8 Å². The van der Waals surface area contributed by atoms with E-state index in [9.17, 15) is 19.2 Å². The second kappa shape index (κ2) is 17.9. The molecule has 1 aliphatic rings. The van der Waals surface area contributed by atoms with Crippen LogP contribution in [0.3, 0.4) is 0 Å². The number of carbonyl (C=O) groups is 4. The van der Waals surface area contributed by atoms with Crippen LogP contribution in [0, 0.1) is 0 Å². The molecule has 1 heterocycles. The van der Waals surface area contributed by atoms with Crippen LogP contribution in [-0.4, -0.2) is 44.9 Å². The van der Waals surface area contributed by atoms with E-state index in [1.807, 2.05) is 85.7 Å². The Morgan fingerprint density at radius 2 is 1.52 bits per heavy atom. The first-order chi connectivity index (χ1) is 26.2. The SMILES string of the molecule is COC(=O)c1c(NC(=O)C(Sc2cccc(NC(=O)/C(=C\c3ccc(N(C)C)cc3)NC(=O)c3ccccc3)c2)c2ccccc2)sc2c1CCCCC2. The minimum Gasteiger partial charge on any atom is -0.465 e. The van der Waals surface area contributed by atoms with Crippen molar-refractivity contribution < 1.29 is 23.9 Å². The molecule has 276 valence electrons. The summed E-state index contributed by atoms with van der Waals surface area (Å²) < 4.78 is 5.16. The zero-order valence-electron chi connectivity index (χ0n) is 30.4. The average molecular weight is 759 g/mol. The summed E-state index contributed by atoms with van der Waals surface area (Å²) in [5, 5.41) is 8.64. The molecule has 4 aromatic carbocycles. The van der Waals surface area contributed by atoms with E-state index < -0.39 is 23.0 Å². The summed E-state index contributed by atoms with van der Waals surface area (Å²) in [5.41, 5.74) is 4.90. The van der Waals surface area contributed by atoms with Gasteiger partial charge < -0.3 is 25.6 Å². The van der Waals surface area contributed by atoms with Crippen LogP contribution in [-0.2, 0) is 27.2 Å². The first kappa shape index (κ1) is 38.1. The topological polar surface area (TPSA) is 117 Å². The van der Waals surface area contributed by atoms with Crippen LogP contribution in [0.4, 0.5) is 16.4 Å². The molecule has 0 spiro atoms. The number of carbonyl (C=O) groups excluding carboxylic acids is 4. The van der Waals surface area contributed by atoms with E-state index in [4.69, 9.17) is 4.74 Å². The van der Waals surface area contributed by atoms with Crippen molar-refractivity contribution in [3.05, 3.63) is 148 Å². The molecule has 1 aromatic heterocycles. The molecule has 11 heteroatoms. The number of methoxy groups -OCH3 is 1. The Balaban J connectivity index is 1.25. The molecule has 5 aromatic rings. The Morgan fingerprint density at radius 3 is 2.22 bits per heavy atom. The minimum absolute atomic E-state index is 0.0665.